The Labute approximate surface area is 118 Å². The zero-order valence-corrected chi connectivity index (χ0v) is 12.1. The highest BCUT2D eigenvalue weighted by Crippen LogP contribution is 2.10. The molecule has 2 heterocycles. The average molecular weight is 279 g/mol. The molecule has 2 rings (SSSR count). The van der Waals surface area contributed by atoms with Gasteiger partial charge in [0.1, 0.15) is 12.2 Å². The van der Waals surface area contributed by atoms with Gasteiger partial charge in [0.25, 0.3) is 0 Å². The van der Waals surface area contributed by atoms with E-state index < -0.39 is 0 Å². The highest BCUT2D eigenvalue weighted by molar-refractivity contribution is 5.86. The molecule has 20 heavy (non-hydrogen) atoms. The van der Waals surface area contributed by atoms with Gasteiger partial charge in [0.05, 0.1) is 13.1 Å². The molecule has 0 radical (unpaired) electrons. The Balaban J connectivity index is 1.84. The van der Waals surface area contributed by atoms with Gasteiger partial charge >= 0.3 is 0 Å². The summed E-state index contributed by atoms with van der Waals surface area (Å²) in [4.78, 5) is 21.4. The summed E-state index contributed by atoms with van der Waals surface area (Å²) in [6.07, 6.45) is 3.45. The molecule has 8 heteroatoms. The van der Waals surface area contributed by atoms with Crippen molar-refractivity contribution in [3.05, 3.63) is 12.2 Å². The summed E-state index contributed by atoms with van der Waals surface area (Å²) >= 11 is 0. The van der Waals surface area contributed by atoms with E-state index in [1.807, 2.05) is 4.68 Å². The van der Waals surface area contributed by atoms with Crippen LogP contribution in [0.3, 0.4) is 0 Å². The first-order chi connectivity index (χ1) is 9.60. The van der Waals surface area contributed by atoms with Gasteiger partial charge in [-0.2, -0.15) is 5.10 Å². The maximum atomic E-state index is 11.5. The van der Waals surface area contributed by atoms with Gasteiger partial charge in [-0.25, -0.2) is 9.67 Å². The number of carbonyl (C=O) groups is 1. The van der Waals surface area contributed by atoms with E-state index in [1.54, 1.807) is 32.4 Å². The minimum Gasteiger partial charge on any atom is -0.352 e. The number of carbonyl (C=O) groups excluding carboxylic acids is 1. The van der Waals surface area contributed by atoms with Crippen LogP contribution < -0.4 is 10.6 Å². The highest BCUT2D eigenvalue weighted by atomic mass is 16.2. The summed E-state index contributed by atoms with van der Waals surface area (Å²) in [6.45, 7) is 0.992. The number of amides is 1. The second-order valence-electron chi connectivity index (χ2n) is 4.95. The van der Waals surface area contributed by atoms with Crippen molar-refractivity contribution in [3.8, 4) is 0 Å². The number of nitrogens with one attached hydrogen (secondary N) is 2. The van der Waals surface area contributed by atoms with Gasteiger partial charge in [0.15, 0.2) is 5.96 Å². The van der Waals surface area contributed by atoms with Gasteiger partial charge < -0.3 is 15.5 Å². The Kier molecular flexibility index (Phi) is 4.54. The molecule has 1 aromatic rings. The van der Waals surface area contributed by atoms with Crippen LogP contribution in [0.25, 0.3) is 0 Å². The van der Waals surface area contributed by atoms with Crippen molar-refractivity contribution in [2.75, 3.05) is 27.7 Å². The van der Waals surface area contributed by atoms with E-state index in [0.717, 1.165) is 25.2 Å². The second kappa shape index (κ2) is 6.36. The largest absolute Gasteiger partial charge is 0.352 e. The molecule has 0 aliphatic carbocycles. The number of guanidine groups is 1. The molecule has 1 aliphatic rings. The maximum Gasteiger partial charge on any atom is 0.241 e. The number of aromatic nitrogens is 3. The van der Waals surface area contributed by atoms with Crippen LogP contribution in [0.1, 0.15) is 12.2 Å². The monoisotopic (exact) mass is 279 g/mol. The van der Waals surface area contributed by atoms with Crippen LogP contribution in [0.4, 0.5) is 0 Å². The summed E-state index contributed by atoms with van der Waals surface area (Å²) in [7, 11) is 5.15. The van der Waals surface area contributed by atoms with E-state index in [0.29, 0.717) is 5.96 Å². The van der Waals surface area contributed by atoms with Crippen LogP contribution in [0, 0.1) is 0 Å². The third kappa shape index (κ3) is 3.46. The predicted octanol–water partition coefficient (Wildman–Crippen LogP) is -1.15. The lowest BCUT2D eigenvalue weighted by Crippen LogP contribution is -2.49. The van der Waals surface area contributed by atoms with Gasteiger partial charge in [-0.3, -0.25) is 9.79 Å². The van der Waals surface area contributed by atoms with Gasteiger partial charge in [-0.15, -0.1) is 0 Å². The number of likely N-dealkylation sites (N-methyl/N-ethyl adjacent to an activating group) is 1. The Morgan fingerprint density at radius 2 is 2.40 bits per heavy atom. The molecule has 0 saturated heterocycles. The van der Waals surface area contributed by atoms with E-state index in [2.05, 4.69) is 25.7 Å². The molecule has 1 aromatic heterocycles. The molecule has 0 bridgehead atoms. The number of hydrogen-bond donors (Lipinski definition) is 2. The van der Waals surface area contributed by atoms with Gasteiger partial charge in [0.2, 0.25) is 5.91 Å². The summed E-state index contributed by atoms with van der Waals surface area (Å²) in [5.41, 5.74) is 0. The number of nitrogens with zero attached hydrogens (tertiary/aromatic N) is 5. The van der Waals surface area contributed by atoms with Crippen LogP contribution >= 0.6 is 0 Å². The maximum absolute atomic E-state index is 11.5. The third-order valence-corrected chi connectivity index (χ3v) is 3.28. The molecular weight excluding hydrogens is 258 g/mol. The van der Waals surface area contributed by atoms with Crippen molar-refractivity contribution in [2.24, 2.45) is 4.99 Å². The van der Waals surface area contributed by atoms with Crippen LogP contribution in [0.15, 0.2) is 11.3 Å². The average Bonchev–Trinajstić information content (AvgIpc) is 2.90. The van der Waals surface area contributed by atoms with Gasteiger partial charge in [0, 0.05) is 33.6 Å². The van der Waals surface area contributed by atoms with Crippen LogP contribution in [0.5, 0.6) is 0 Å². The van der Waals surface area contributed by atoms with Crippen LogP contribution in [0.2, 0.25) is 0 Å². The predicted molar refractivity (Wildman–Crippen MR) is 75.3 cm³/mol. The summed E-state index contributed by atoms with van der Waals surface area (Å²) in [5.74, 6) is 1.66. The molecule has 0 aromatic carbocycles. The number of fused-ring (bicyclic) bond motifs is 1. The van der Waals surface area contributed by atoms with E-state index in [4.69, 9.17) is 0 Å². The van der Waals surface area contributed by atoms with Gasteiger partial charge in [-0.05, 0) is 6.42 Å². The molecule has 110 valence electrons. The Bertz CT molecular complexity index is 494. The smallest absolute Gasteiger partial charge is 0.241 e. The van der Waals surface area contributed by atoms with Crippen molar-refractivity contribution >= 4 is 11.9 Å². The zero-order valence-electron chi connectivity index (χ0n) is 12.1. The highest BCUT2D eigenvalue weighted by Gasteiger charge is 2.20. The van der Waals surface area contributed by atoms with Crippen LogP contribution in [-0.4, -0.2) is 65.3 Å². The molecule has 2 N–H and O–H groups in total. The number of aliphatic imine (C=N–C) groups is 1. The number of hydrogen-bond acceptors (Lipinski definition) is 4. The second-order valence-corrected chi connectivity index (χ2v) is 4.95. The lowest BCUT2D eigenvalue weighted by molar-refractivity contribution is -0.127. The lowest BCUT2D eigenvalue weighted by atomic mass is 10.1. The Hall–Kier alpha value is -2.12. The molecule has 0 spiro atoms. The normalized spacial score (nSPS) is 18.4. The SMILES string of the molecule is CN=C(NCC(=O)N(C)C)NC1CCc2ncnn2C1. The van der Waals surface area contributed by atoms with Crippen molar-refractivity contribution in [2.45, 2.75) is 25.4 Å². The third-order valence-electron chi connectivity index (χ3n) is 3.28. The van der Waals surface area contributed by atoms with Crippen molar-refractivity contribution in [3.63, 3.8) is 0 Å². The fraction of sp³-hybridized carbons (Fsp3) is 0.667. The molecule has 0 saturated carbocycles. The quantitative estimate of drug-likeness (QED) is 0.539. The van der Waals surface area contributed by atoms with Crippen molar-refractivity contribution in [1.82, 2.24) is 30.3 Å². The van der Waals surface area contributed by atoms with E-state index >= 15 is 0 Å². The summed E-state index contributed by atoms with van der Waals surface area (Å²) in [6, 6.07) is 0.241. The lowest BCUT2D eigenvalue weighted by Gasteiger charge is -2.25. The minimum atomic E-state index is 0.00940. The fourth-order valence-electron chi connectivity index (χ4n) is 2.06. The Morgan fingerprint density at radius 3 is 3.10 bits per heavy atom. The van der Waals surface area contributed by atoms with E-state index in [9.17, 15) is 4.79 Å². The standard InChI is InChI=1S/C12H21N7O/c1-13-12(14-6-11(20)18(2)3)17-9-4-5-10-15-8-16-19(10)7-9/h8-9H,4-7H2,1-3H3,(H2,13,14,17). The summed E-state index contributed by atoms with van der Waals surface area (Å²) in [5, 5.41) is 10.5. The first-order valence-corrected chi connectivity index (χ1v) is 6.64. The molecular formula is C12H21N7O. The summed E-state index contributed by atoms with van der Waals surface area (Å²) < 4.78 is 1.90. The molecule has 1 amide bonds. The molecule has 1 aliphatic heterocycles. The molecule has 1 unspecified atom stereocenters. The van der Waals surface area contributed by atoms with Gasteiger partial charge in [-0.1, -0.05) is 0 Å². The van der Waals surface area contributed by atoms with E-state index in [1.165, 1.54) is 0 Å². The molecule has 1 atom stereocenters. The van der Waals surface area contributed by atoms with E-state index in [-0.39, 0.29) is 18.5 Å². The van der Waals surface area contributed by atoms with Crippen molar-refractivity contribution < 1.29 is 4.79 Å². The molecule has 8 nitrogen and oxygen atoms in total. The topological polar surface area (TPSA) is 87.4 Å². The first kappa shape index (κ1) is 14.3. The minimum absolute atomic E-state index is 0.00940. The molecule has 0 fully saturated rings. The van der Waals surface area contributed by atoms with Crippen LogP contribution in [-0.2, 0) is 17.8 Å². The Morgan fingerprint density at radius 1 is 1.60 bits per heavy atom. The van der Waals surface area contributed by atoms with Crippen molar-refractivity contribution in [1.29, 1.82) is 0 Å². The first-order valence-electron chi connectivity index (χ1n) is 6.64. The number of aryl methyl sites for hydroxylation is 1. The zero-order chi connectivity index (χ0) is 14.5. The fourth-order valence-corrected chi connectivity index (χ4v) is 2.06. The number of rotatable bonds is 3.